The molecule has 0 amide bonds. The zero-order chi connectivity index (χ0) is 5.11. The summed E-state index contributed by atoms with van der Waals surface area (Å²) in [6.45, 7) is 0. The Labute approximate surface area is 68.2 Å². The van der Waals surface area contributed by atoms with Gasteiger partial charge in [-0.25, -0.2) is 5.88 Å². The van der Waals surface area contributed by atoms with Crippen molar-refractivity contribution < 1.29 is 18.9 Å². The maximum absolute atomic E-state index is 5.48. The molecule has 0 atom stereocenters. The molecule has 1 rings (SSSR count). The first kappa shape index (κ1) is 8.89. The molecule has 0 aromatic rings. The summed E-state index contributed by atoms with van der Waals surface area (Å²) < 4.78 is 0. The molecule has 0 nitrogen and oxygen atoms in total. The molecular formula is C6H10ClLi. The van der Waals surface area contributed by atoms with Crippen molar-refractivity contribution in [3.05, 3.63) is 5.88 Å². The summed E-state index contributed by atoms with van der Waals surface area (Å²) in [6.07, 6.45) is 5.41. The minimum Gasteiger partial charge on any atom is -0.349 e. The van der Waals surface area contributed by atoms with E-state index in [0.29, 0.717) is 0 Å². The molecule has 1 aliphatic carbocycles. The molecule has 0 heterocycles. The van der Waals surface area contributed by atoms with Crippen LogP contribution < -0.4 is 18.9 Å². The molecule has 42 valence electrons. The van der Waals surface area contributed by atoms with E-state index in [1.54, 1.807) is 0 Å². The maximum Gasteiger partial charge on any atom is 1.00 e. The molecule has 0 N–H and O–H groups in total. The van der Waals surface area contributed by atoms with Crippen LogP contribution in [0.25, 0.3) is 0 Å². The van der Waals surface area contributed by atoms with Gasteiger partial charge in [0.15, 0.2) is 0 Å². The summed E-state index contributed by atoms with van der Waals surface area (Å²) in [7, 11) is 0. The molecule has 1 aliphatic rings. The van der Waals surface area contributed by atoms with E-state index in [1.165, 1.54) is 25.7 Å². The van der Waals surface area contributed by atoms with Gasteiger partial charge >= 0.3 is 18.9 Å². The molecule has 0 bridgehead atoms. The van der Waals surface area contributed by atoms with Gasteiger partial charge in [-0.15, -0.1) is 0 Å². The molecule has 1 fully saturated rings. The fraction of sp³-hybridized carbons (Fsp3) is 0.833. The summed E-state index contributed by atoms with van der Waals surface area (Å²) in [5, 5.41) is 0. The van der Waals surface area contributed by atoms with E-state index < -0.39 is 0 Å². The third-order valence-corrected chi connectivity index (χ3v) is 1.93. The van der Waals surface area contributed by atoms with Crippen molar-refractivity contribution in [2.45, 2.75) is 25.7 Å². The van der Waals surface area contributed by atoms with Gasteiger partial charge in [0.25, 0.3) is 0 Å². The third-order valence-electron chi connectivity index (χ3n) is 1.58. The molecule has 0 radical (unpaired) electrons. The van der Waals surface area contributed by atoms with Crippen LogP contribution in [0.4, 0.5) is 0 Å². The zero-order valence-corrected chi connectivity index (χ0v) is 6.12. The Morgan fingerprint density at radius 2 is 1.75 bits per heavy atom. The van der Waals surface area contributed by atoms with Crippen LogP contribution in [-0.4, -0.2) is 0 Å². The monoisotopic (exact) mass is 124 g/mol. The predicted octanol–water partition coefficient (Wildman–Crippen LogP) is -0.419. The zero-order valence-electron chi connectivity index (χ0n) is 5.36. The molecule has 0 aromatic carbocycles. The number of halogens is 1. The van der Waals surface area contributed by atoms with Gasteiger partial charge in [-0.2, -0.15) is 5.92 Å². The van der Waals surface area contributed by atoms with E-state index in [4.69, 9.17) is 11.6 Å². The van der Waals surface area contributed by atoms with Crippen molar-refractivity contribution in [2.24, 2.45) is 5.92 Å². The van der Waals surface area contributed by atoms with E-state index in [9.17, 15) is 0 Å². The Morgan fingerprint density at radius 1 is 1.25 bits per heavy atom. The largest absolute Gasteiger partial charge is 1.00 e. The van der Waals surface area contributed by atoms with Crippen LogP contribution in [0.1, 0.15) is 25.7 Å². The molecule has 1 saturated carbocycles. The molecule has 0 spiro atoms. The van der Waals surface area contributed by atoms with E-state index in [-0.39, 0.29) is 18.9 Å². The summed E-state index contributed by atoms with van der Waals surface area (Å²) in [6, 6.07) is 0. The van der Waals surface area contributed by atoms with Crippen molar-refractivity contribution in [3.63, 3.8) is 0 Å². The fourth-order valence-corrected chi connectivity index (χ4v) is 1.34. The second-order valence-corrected chi connectivity index (χ2v) is 2.42. The first-order valence-corrected chi connectivity index (χ1v) is 3.30. The minimum atomic E-state index is 0. The predicted molar refractivity (Wildman–Crippen MR) is 32.1 cm³/mol. The first-order chi connectivity index (χ1) is 3.43. The van der Waals surface area contributed by atoms with Gasteiger partial charge in [0.2, 0.25) is 0 Å². The average Bonchev–Trinajstić information content (AvgIpc) is 2.14. The molecular weight excluding hydrogens is 114 g/mol. The molecule has 0 saturated heterocycles. The van der Waals surface area contributed by atoms with Gasteiger partial charge in [-0.1, -0.05) is 25.7 Å². The van der Waals surface area contributed by atoms with Crippen LogP contribution >= 0.6 is 11.6 Å². The Morgan fingerprint density at radius 3 is 2.00 bits per heavy atom. The van der Waals surface area contributed by atoms with Crippen molar-refractivity contribution >= 4 is 11.6 Å². The smallest absolute Gasteiger partial charge is 0.349 e. The van der Waals surface area contributed by atoms with E-state index in [1.807, 2.05) is 5.88 Å². The van der Waals surface area contributed by atoms with Crippen LogP contribution in [0.2, 0.25) is 0 Å². The second-order valence-electron chi connectivity index (χ2n) is 2.17. The Bertz CT molecular complexity index is 50.5. The molecule has 0 aromatic heterocycles. The van der Waals surface area contributed by atoms with Crippen molar-refractivity contribution in [1.82, 2.24) is 0 Å². The van der Waals surface area contributed by atoms with E-state index >= 15 is 0 Å². The maximum atomic E-state index is 5.48. The summed E-state index contributed by atoms with van der Waals surface area (Å²) in [4.78, 5) is 0. The van der Waals surface area contributed by atoms with Gasteiger partial charge < -0.3 is 11.6 Å². The van der Waals surface area contributed by atoms with Gasteiger partial charge in [0.05, 0.1) is 0 Å². The van der Waals surface area contributed by atoms with Gasteiger partial charge in [-0.05, 0) is 0 Å². The quantitative estimate of drug-likeness (QED) is 0.329. The second kappa shape index (κ2) is 4.74. The Hall–Kier alpha value is 0.887. The van der Waals surface area contributed by atoms with Crippen molar-refractivity contribution in [2.75, 3.05) is 0 Å². The van der Waals surface area contributed by atoms with Crippen LogP contribution in [0.15, 0.2) is 0 Å². The SMILES string of the molecule is Cl[CH-]C1CCCC1.[Li+]. The van der Waals surface area contributed by atoms with Crippen LogP contribution in [0.3, 0.4) is 0 Å². The first-order valence-electron chi connectivity index (χ1n) is 2.87. The van der Waals surface area contributed by atoms with Crippen LogP contribution in [0.5, 0.6) is 0 Å². The van der Waals surface area contributed by atoms with E-state index in [0.717, 1.165) is 5.92 Å². The van der Waals surface area contributed by atoms with Gasteiger partial charge in [0, 0.05) is 0 Å². The van der Waals surface area contributed by atoms with Crippen LogP contribution in [0, 0.1) is 11.8 Å². The molecule has 8 heavy (non-hydrogen) atoms. The fourth-order valence-electron chi connectivity index (χ4n) is 1.08. The molecule has 0 unspecified atom stereocenters. The van der Waals surface area contributed by atoms with Gasteiger partial charge in [0.1, 0.15) is 0 Å². The topological polar surface area (TPSA) is 0 Å². The number of hydrogen-bond donors (Lipinski definition) is 0. The molecule has 0 aliphatic heterocycles. The summed E-state index contributed by atoms with van der Waals surface area (Å²) in [5.41, 5.74) is 0. The van der Waals surface area contributed by atoms with E-state index in [2.05, 4.69) is 0 Å². The number of rotatable bonds is 1. The van der Waals surface area contributed by atoms with Crippen LogP contribution in [-0.2, 0) is 0 Å². The van der Waals surface area contributed by atoms with Gasteiger partial charge in [-0.3, -0.25) is 0 Å². The summed E-state index contributed by atoms with van der Waals surface area (Å²) >= 11 is 5.48. The Balaban J connectivity index is 0.000000490. The minimum absolute atomic E-state index is 0. The normalized spacial score (nSPS) is 20.6. The standard InChI is InChI=1S/C6H10Cl.Li/c7-5-6-3-1-2-4-6;/h5-6H,1-4H2;/q-1;+1. The van der Waals surface area contributed by atoms with Crippen molar-refractivity contribution in [1.29, 1.82) is 0 Å². The molecule has 2 heteroatoms. The number of hydrogen-bond acceptors (Lipinski definition) is 0. The summed E-state index contributed by atoms with van der Waals surface area (Å²) in [5.74, 6) is 2.55. The third kappa shape index (κ3) is 2.44. The average molecular weight is 125 g/mol. The Kier molecular flexibility index (Phi) is 5.26. The van der Waals surface area contributed by atoms with Crippen molar-refractivity contribution in [3.8, 4) is 0 Å².